The van der Waals surface area contributed by atoms with Crippen molar-refractivity contribution >= 4 is 17.9 Å². The van der Waals surface area contributed by atoms with Gasteiger partial charge >= 0.3 is 17.9 Å². The van der Waals surface area contributed by atoms with Gasteiger partial charge in [0.2, 0.25) is 6.29 Å². The number of carboxylic acids is 1. The lowest BCUT2D eigenvalue weighted by molar-refractivity contribution is -0.202. The molecule has 0 spiro atoms. The Balaban J connectivity index is 1.18. The van der Waals surface area contributed by atoms with E-state index >= 15 is 0 Å². The van der Waals surface area contributed by atoms with Crippen LogP contribution in [0.15, 0.2) is 0 Å². The molecule has 6 aliphatic rings. The molecule has 1 unspecified atom stereocenters. The SMILES string of the molecule is CC(OC(=O)[C@H]1[C@@H]2C[C@H](F)[C@@](N)(CC(=O)O)[C@@H]21)OC(=O)C12CC3CC(CC(C3)C1)C2. The van der Waals surface area contributed by atoms with Gasteiger partial charge in [0.15, 0.2) is 0 Å². The molecule has 30 heavy (non-hydrogen) atoms. The molecule has 7 nitrogen and oxygen atoms in total. The van der Waals surface area contributed by atoms with Crippen molar-refractivity contribution < 1.29 is 33.4 Å². The summed E-state index contributed by atoms with van der Waals surface area (Å²) in [5.74, 6) is -1.68. The first-order chi connectivity index (χ1) is 14.1. The van der Waals surface area contributed by atoms with Crippen molar-refractivity contribution in [2.24, 2.45) is 46.7 Å². The molecule has 0 amide bonds. The second-order valence-corrected chi connectivity index (χ2v) is 10.7. The lowest BCUT2D eigenvalue weighted by Crippen LogP contribution is -2.51. The van der Waals surface area contributed by atoms with E-state index in [0.29, 0.717) is 17.8 Å². The molecule has 0 saturated heterocycles. The van der Waals surface area contributed by atoms with Crippen LogP contribution < -0.4 is 5.73 Å². The molecule has 3 N–H and O–H groups in total. The highest BCUT2D eigenvalue weighted by Gasteiger charge is 2.72. The van der Waals surface area contributed by atoms with E-state index in [1.54, 1.807) is 0 Å². The molecule has 8 heteroatoms. The Bertz CT molecular complexity index is 750. The fourth-order valence-corrected chi connectivity index (χ4v) is 7.78. The molecule has 6 fully saturated rings. The van der Waals surface area contributed by atoms with E-state index in [9.17, 15) is 18.8 Å². The van der Waals surface area contributed by atoms with Crippen molar-refractivity contribution in [3.8, 4) is 0 Å². The molecule has 0 radical (unpaired) electrons. The van der Waals surface area contributed by atoms with Crippen LogP contribution in [-0.4, -0.2) is 41.0 Å². The van der Waals surface area contributed by atoms with Gasteiger partial charge in [-0.3, -0.25) is 14.4 Å². The summed E-state index contributed by atoms with van der Waals surface area (Å²) in [5.41, 5.74) is 4.08. The van der Waals surface area contributed by atoms with Crippen LogP contribution in [0.1, 0.15) is 58.3 Å². The molecule has 166 valence electrons. The molecule has 4 bridgehead atoms. The molecule has 6 atom stereocenters. The summed E-state index contributed by atoms with van der Waals surface area (Å²) in [6.07, 6.45) is 3.34. The van der Waals surface area contributed by atoms with Crippen LogP contribution in [0.2, 0.25) is 0 Å². The maximum Gasteiger partial charge on any atom is 0.315 e. The van der Waals surface area contributed by atoms with Crippen molar-refractivity contribution in [3.05, 3.63) is 0 Å². The molecular weight excluding hydrogens is 393 g/mol. The maximum absolute atomic E-state index is 14.2. The van der Waals surface area contributed by atoms with Gasteiger partial charge in [0.05, 0.1) is 23.3 Å². The number of fused-ring (bicyclic) bond motifs is 1. The standard InChI is InChI=1S/C22H30FNO6/c1-10(30-20(28)21-6-11-2-12(7-21)4-13(3-11)8-21)29-19(27)17-14-5-15(23)22(24,18(14)17)9-16(25)26/h10-15,17-18H,2-9,24H2,1H3,(H,25,26)/t10?,11?,12?,13?,14-,15-,17-,18-,21?,22-/m0/s1. The highest BCUT2D eigenvalue weighted by molar-refractivity contribution is 5.80. The lowest BCUT2D eigenvalue weighted by Gasteiger charge is -2.55. The highest BCUT2D eigenvalue weighted by atomic mass is 19.1. The number of rotatable bonds is 6. The Hall–Kier alpha value is -1.70. The summed E-state index contributed by atoms with van der Waals surface area (Å²) in [6, 6.07) is 0. The minimum atomic E-state index is -1.54. The van der Waals surface area contributed by atoms with Crippen molar-refractivity contribution in [3.63, 3.8) is 0 Å². The largest absolute Gasteiger partial charge is 0.481 e. The zero-order valence-electron chi connectivity index (χ0n) is 17.2. The van der Waals surface area contributed by atoms with Crippen molar-refractivity contribution in [2.75, 3.05) is 0 Å². The van der Waals surface area contributed by atoms with Crippen LogP contribution in [0, 0.1) is 40.9 Å². The molecule has 0 aromatic rings. The number of halogens is 1. The summed E-state index contributed by atoms with van der Waals surface area (Å²) in [6.45, 7) is 1.53. The smallest absolute Gasteiger partial charge is 0.315 e. The molecule has 0 heterocycles. The normalized spacial score (nSPS) is 48.7. The molecule has 0 aliphatic heterocycles. The summed E-state index contributed by atoms with van der Waals surface area (Å²) >= 11 is 0. The molecule has 0 aromatic heterocycles. The number of carboxylic acid groups (broad SMARTS) is 1. The van der Waals surface area contributed by atoms with Crippen LogP contribution in [0.4, 0.5) is 4.39 Å². The van der Waals surface area contributed by atoms with E-state index in [1.807, 2.05) is 0 Å². The monoisotopic (exact) mass is 423 g/mol. The van der Waals surface area contributed by atoms with E-state index in [2.05, 4.69) is 0 Å². The van der Waals surface area contributed by atoms with Crippen molar-refractivity contribution in [1.82, 2.24) is 0 Å². The second-order valence-electron chi connectivity index (χ2n) is 10.7. The Morgan fingerprint density at radius 3 is 2.17 bits per heavy atom. The van der Waals surface area contributed by atoms with Gasteiger partial charge in [0.1, 0.15) is 6.17 Å². The fourth-order valence-electron chi connectivity index (χ4n) is 7.78. The molecular formula is C22H30FNO6. The fraction of sp³-hybridized carbons (Fsp3) is 0.864. The van der Waals surface area contributed by atoms with Crippen molar-refractivity contribution in [2.45, 2.75) is 76.3 Å². The Labute approximate surface area is 174 Å². The number of alkyl halides is 1. The van der Waals surface area contributed by atoms with E-state index in [0.717, 1.165) is 19.3 Å². The van der Waals surface area contributed by atoms with Gasteiger partial charge in [-0.25, -0.2) is 4.39 Å². The van der Waals surface area contributed by atoms with E-state index in [4.69, 9.17) is 20.3 Å². The number of nitrogens with two attached hydrogens (primary N) is 1. The summed E-state index contributed by atoms with van der Waals surface area (Å²) < 4.78 is 25.2. The van der Waals surface area contributed by atoms with Crippen LogP contribution in [-0.2, 0) is 23.9 Å². The molecule has 6 saturated carbocycles. The lowest BCUT2D eigenvalue weighted by atomic mass is 9.49. The van der Waals surface area contributed by atoms with Crippen LogP contribution in [0.25, 0.3) is 0 Å². The van der Waals surface area contributed by atoms with Crippen LogP contribution in [0.3, 0.4) is 0 Å². The van der Waals surface area contributed by atoms with E-state index < -0.39 is 53.6 Å². The summed E-state index contributed by atoms with van der Waals surface area (Å²) in [4.78, 5) is 36.7. The number of hydrogen-bond acceptors (Lipinski definition) is 6. The van der Waals surface area contributed by atoms with E-state index in [-0.39, 0.29) is 18.3 Å². The van der Waals surface area contributed by atoms with Gasteiger partial charge in [-0.05, 0) is 74.5 Å². The van der Waals surface area contributed by atoms with Gasteiger partial charge in [0, 0.05) is 6.92 Å². The zero-order chi connectivity index (χ0) is 21.4. The maximum atomic E-state index is 14.2. The third kappa shape index (κ3) is 3.05. The topological polar surface area (TPSA) is 116 Å². The molecule has 6 aliphatic carbocycles. The Kier molecular flexibility index (Phi) is 4.48. The number of ether oxygens (including phenoxy) is 2. The van der Waals surface area contributed by atoms with Gasteiger partial charge in [-0.1, -0.05) is 0 Å². The molecule has 0 aromatic carbocycles. The zero-order valence-corrected chi connectivity index (χ0v) is 17.2. The average molecular weight is 423 g/mol. The number of esters is 2. The van der Waals surface area contributed by atoms with Crippen LogP contribution in [0.5, 0.6) is 0 Å². The predicted molar refractivity (Wildman–Crippen MR) is 101 cm³/mol. The minimum absolute atomic E-state index is 0.0651. The van der Waals surface area contributed by atoms with Crippen LogP contribution >= 0.6 is 0 Å². The van der Waals surface area contributed by atoms with Gasteiger partial charge in [0.25, 0.3) is 0 Å². The second kappa shape index (κ2) is 6.65. The highest BCUT2D eigenvalue weighted by Crippen LogP contribution is 2.64. The number of carbonyl (C=O) groups is 3. The van der Waals surface area contributed by atoms with Crippen molar-refractivity contribution in [1.29, 1.82) is 0 Å². The quantitative estimate of drug-likeness (QED) is 0.498. The summed E-state index contributed by atoms with van der Waals surface area (Å²) in [7, 11) is 0. The first-order valence-electron chi connectivity index (χ1n) is 11.2. The Morgan fingerprint density at radius 1 is 1.07 bits per heavy atom. The first kappa shape index (κ1) is 20.2. The minimum Gasteiger partial charge on any atom is -0.481 e. The first-order valence-corrected chi connectivity index (χ1v) is 11.2. The number of carbonyl (C=O) groups excluding carboxylic acids is 2. The number of aliphatic carboxylic acids is 1. The number of hydrogen-bond donors (Lipinski definition) is 2. The van der Waals surface area contributed by atoms with Gasteiger partial charge < -0.3 is 20.3 Å². The average Bonchev–Trinajstić information content (AvgIpc) is 3.28. The summed E-state index contributed by atoms with van der Waals surface area (Å²) in [5, 5.41) is 9.06. The third-order valence-corrected chi connectivity index (χ3v) is 8.61. The third-order valence-electron chi connectivity index (χ3n) is 8.61. The predicted octanol–water partition coefficient (Wildman–Crippen LogP) is 2.41. The molecule has 6 rings (SSSR count). The van der Waals surface area contributed by atoms with E-state index in [1.165, 1.54) is 26.2 Å². The van der Waals surface area contributed by atoms with Gasteiger partial charge in [-0.15, -0.1) is 0 Å². The Morgan fingerprint density at radius 2 is 1.63 bits per heavy atom. The van der Waals surface area contributed by atoms with Gasteiger partial charge in [-0.2, -0.15) is 0 Å².